The van der Waals surface area contributed by atoms with Crippen LogP contribution in [0.3, 0.4) is 0 Å². The fourth-order valence-electron chi connectivity index (χ4n) is 3.13. The highest BCUT2D eigenvalue weighted by Gasteiger charge is 2.61. The third-order valence-electron chi connectivity index (χ3n) is 4.24. The molecule has 1 aliphatic heterocycles. The second-order valence-electron chi connectivity index (χ2n) is 7.09. The van der Waals surface area contributed by atoms with Gasteiger partial charge in [-0.05, 0) is 39.7 Å². The Hall–Kier alpha value is -1.28. The third kappa shape index (κ3) is 3.24. The summed E-state index contributed by atoms with van der Waals surface area (Å²) in [7, 11) is 0. The molecule has 1 saturated carbocycles. The maximum Gasteiger partial charge on any atom is 0.410 e. The quantitative estimate of drug-likeness (QED) is 0.739. The van der Waals surface area contributed by atoms with Gasteiger partial charge in [0.1, 0.15) is 5.60 Å². The van der Waals surface area contributed by atoms with E-state index >= 15 is 0 Å². The zero-order valence-electron chi connectivity index (χ0n) is 13.0. The minimum absolute atomic E-state index is 0.201. The number of hydrogen-bond donors (Lipinski definition) is 0. The summed E-state index contributed by atoms with van der Waals surface area (Å²) in [4.78, 5) is 16.1. The van der Waals surface area contributed by atoms with E-state index in [1.165, 1.54) is 6.42 Å². The Labute approximate surface area is 121 Å². The number of piperidine rings is 1. The molecule has 2 fully saturated rings. The lowest BCUT2D eigenvalue weighted by molar-refractivity contribution is 0.0256. The summed E-state index contributed by atoms with van der Waals surface area (Å²) in [5.41, 5.74) is -0.225. The first-order valence-electron chi connectivity index (χ1n) is 7.37. The number of rotatable bonds is 4. The van der Waals surface area contributed by atoms with Crippen molar-refractivity contribution in [2.45, 2.75) is 39.7 Å². The van der Waals surface area contributed by atoms with Crippen LogP contribution >= 0.6 is 0 Å². The average Bonchev–Trinajstić information content (AvgIpc) is 2.87. The zero-order chi connectivity index (χ0) is 15.0. The molecular weight excluding hydrogens is 254 g/mol. The number of nitrogens with zero attached hydrogens (tertiary/aromatic N) is 3. The van der Waals surface area contributed by atoms with Gasteiger partial charge in [-0.2, -0.15) is 5.26 Å². The maximum atomic E-state index is 12.1. The summed E-state index contributed by atoms with van der Waals surface area (Å²) in [5.74, 6) is 0.586. The molecule has 0 unspecified atom stereocenters. The Morgan fingerprint density at radius 2 is 2.25 bits per heavy atom. The van der Waals surface area contributed by atoms with Gasteiger partial charge in [-0.15, -0.1) is 0 Å². The molecule has 2 atom stereocenters. The summed E-state index contributed by atoms with van der Waals surface area (Å²) in [6, 6.07) is 2.21. The molecular formula is C15H25N3O2. The van der Waals surface area contributed by atoms with Gasteiger partial charge in [0.05, 0.1) is 12.6 Å². The first-order valence-corrected chi connectivity index (χ1v) is 7.37. The standard InChI is InChI=1S/C15H25N3O2/c1-5-17(7-6-16)10-15-8-12(15)9-18(11-15)13(19)20-14(2,3)4/h12H,5,7-11H2,1-4H3/t12-,15-/m0/s1. The van der Waals surface area contributed by atoms with Gasteiger partial charge in [0.25, 0.3) is 0 Å². The largest absolute Gasteiger partial charge is 0.444 e. The van der Waals surface area contributed by atoms with Crippen LogP contribution in [-0.2, 0) is 4.74 Å². The normalized spacial score (nSPS) is 28.2. The number of likely N-dealkylation sites (tertiary alicyclic amines) is 1. The average molecular weight is 279 g/mol. The zero-order valence-corrected chi connectivity index (χ0v) is 13.0. The van der Waals surface area contributed by atoms with Gasteiger partial charge in [-0.3, -0.25) is 4.90 Å². The van der Waals surface area contributed by atoms with Gasteiger partial charge < -0.3 is 9.64 Å². The molecule has 1 aliphatic carbocycles. The fraction of sp³-hybridized carbons (Fsp3) is 0.867. The van der Waals surface area contributed by atoms with Crippen molar-refractivity contribution in [3.63, 3.8) is 0 Å². The second kappa shape index (κ2) is 5.25. The lowest BCUT2D eigenvalue weighted by atomic mass is 10.1. The SMILES string of the molecule is CCN(CC#N)C[C@]12C[C@H]1CN(C(=O)OC(C)(C)C)C2. The number of carbonyl (C=O) groups is 1. The van der Waals surface area contributed by atoms with Crippen molar-refractivity contribution in [3.05, 3.63) is 0 Å². The first kappa shape index (κ1) is 15.1. The Morgan fingerprint density at radius 1 is 1.55 bits per heavy atom. The van der Waals surface area contributed by atoms with Gasteiger partial charge in [0, 0.05) is 25.0 Å². The summed E-state index contributed by atoms with van der Waals surface area (Å²) < 4.78 is 5.44. The molecule has 0 aromatic heterocycles. The lowest BCUT2D eigenvalue weighted by Gasteiger charge is -2.28. The van der Waals surface area contributed by atoms with E-state index in [1.54, 1.807) is 0 Å². The van der Waals surface area contributed by atoms with E-state index in [1.807, 2.05) is 25.7 Å². The summed E-state index contributed by atoms with van der Waals surface area (Å²) in [6.45, 7) is 11.6. The fourth-order valence-corrected chi connectivity index (χ4v) is 3.13. The second-order valence-corrected chi connectivity index (χ2v) is 7.09. The smallest absolute Gasteiger partial charge is 0.410 e. The highest BCUT2D eigenvalue weighted by molar-refractivity contribution is 5.69. The van der Waals surface area contributed by atoms with Crippen molar-refractivity contribution in [3.8, 4) is 6.07 Å². The molecule has 2 rings (SSSR count). The van der Waals surface area contributed by atoms with E-state index in [2.05, 4.69) is 17.9 Å². The maximum absolute atomic E-state index is 12.1. The van der Waals surface area contributed by atoms with Crippen molar-refractivity contribution in [2.24, 2.45) is 11.3 Å². The van der Waals surface area contributed by atoms with Crippen LogP contribution in [0.15, 0.2) is 0 Å². The molecule has 1 saturated heterocycles. The molecule has 20 heavy (non-hydrogen) atoms. The van der Waals surface area contributed by atoms with Crippen LogP contribution in [0.2, 0.25) is 0 Å². The monoisotopic (exact) mass is 279 g/mol. The van der Waals surface area contributed by atoms with E-state index in [0.29, 0.717) is 12.5 Å². The highest BCUT2D eigenvalue weighted by Crippen LogP contribution is 2.58. The molecule has 0 N–H and O–H groups in total. The molecule has 5 nitrogen and oxygen atoms in total. The third-order valence-corrected chi connectivity index (χ3v) is 4.24. The lowest BCUT2D eigenvalue weighted by Crippen LogP contribution is -2.39. The minimum Gasteiger partial charge on any atom is -0.444 e. The van der Waals surface area contributed by atoms with Crippen LogP contribution in [0.5, 0.6) is 0 Å². The Kier molecular flexibility index (Phi) is 3.97. The Balaban J connectivity index is 1.90. The van der Waals surface area contributed by atoms with E-state index in [0.717, 1.165) is 26.2 Å². The van der Waals surface area contributed by atoms with Gasteiger partial charge in [-0.1, -0.05) is 6.92 Å². The molecule has 2 aliphatic rings. The van der Waals surface area contributed by atoms with Crippen LogP contribution in [0.1, 0.15) is 34.1 Å². The molecule has 0 aromatic rings. The number of amides is 1. The highest BCUT2D eigenvalue weighted by atomic mass is 16.6. The predicted octanol–water partition coefficient (Wildman–Crippen LogP) is 2.09. The number of ether oxygens (including phenoxy) is 1. The minimum atomic E-state index is -0.437. The first-order chi connectivity index (χ1) is 9.29. The van der Waals surface area contributed by atoms with E-state index in [9.17, 15) is 4.79 Å². The Bertz CT molecular complexity index is 424. The van der Waals surface area contributed by atoms with Crippen LogP contribution < -0.4 is 0 Å². The molecule has 0 spiro atoms. The molecule has 1 amide bonds. The molecule has 0 radical (unpaired) electrons. The molecule has 0 bridgehead atoms. The molecule has 112 valence electrons. The topological polar surface area (TPSA) is 56.6 Å². The van der Waals surface area contributed by atoms with Crippen LogP contribution in [0.4, 0.5) is 4.79 Å². The van der Waals surface area contributed by atoms with E-state index < -0.39 is 5.60 Å². The summed E-state index contributed by atoms with van der Waals surface area (Å²) in [5, 5.41) is 8.83. The molecule has 0 aromatic carbocycles. The summed E-state index contributed by atoms with van der Waals surface area (Å²) in [6.07, 6.45) is 0.973. The van der Waals surface area contributed by atoms with E-state index in [-0.39, 0.29) is 11.5 Å². The summed E-state index contributed by atoms with van der Waals surface area (Å²) >= 11 is 0. The van der Waals surface area contributed by atoms with Gasteiger partial charge in [0.15, 0.2) is 0 Å². The van der Waals surface area contributed by atoms with Gasteiger partial charge in [-0.25, -0.2) is 4.79 Å². The number of nitriles is 1. The molecule has 1 heterocycles. The van der Waals surface area contributed by atoms with Crippen molar-refractivity contribution >= 4 is 6.09 Å². The number of hydrogen-bond acceptors (Lipinski definition) is 4. The van der Waals surface area contributed by atoms with Crippen molar-refractivity contribution in [1.82, 2.24) is 9.80 Å². The Morgan fingerprint density at radius 3 is 2.80 bits per heavy atom. The van der Waals surface area contributed by atoms with Gasteiger partial charge in [0.2, 0.25) is 0 Å². The van der Waals surface area contributed by atoms with Gasteiger partial charge >= 0.3 is 6.09 Å². The number of carbonyl (C=O) groups excluding carboxylic acids is 1. The predicted molar refractivity (Wildman–Crippen MR) is 76.1 cm³/mol. The number of fused-ring (bicyclic) bond motifs is 1. The van der Waals surface area contributed by atoms with Crippen LogP contribution in [0, 0.1) is 22.7 Å². The van der Waals surface area contributed by atoms with Crippen molar-refractivity contribution in [1.29, 1.82) is 5.26 Å². The molecule has 5 heteroatoms. The van der Waals surface area contributed by atoms with E-state index in [4.69, 9.17) is 10.00 Å². The van der Waals surface area contributed by atoms with Crippen LogP contribution in [-0.4, -0.2) is 54.2 Å². The van der Waals surface area contributed by atoms with Crippen molar-refractivity contribution in [2.75, 3.05) is 32.7 Å². The van der Waals surface area contributed by atoms with Crippen molar-refractivity contribution < 1.29 is 9.53 Å². The van der Waals surface area contributed by atoms with Crippen LogP contribution in [0.25, 0.3) is 0 Å².